The van der Waals surface area contributed by atoms with E-state index in [9.17, 15) is 19.1 Å². The Labute approximate surface area is 138 Å². The summed E-state index contributed by atoms with van der Waals surface area (Å²) >= 11 is 3.12. The van der Waals surface area contributed by atoms with E-state index in [0.717, 1.165) is 6.07 Å². The van der Waals surface area contributed by atoms with Gasteiger partial charge in [-0.15, -0.1) is 10.2 Å². The minimum absolute atomic E-state index is 0.00473. The Kier molecular flexibility index (Phi) is 3.88. The van der Waals surface area contributed by atoms with Gasteiger partial charge in [0.1, 0.15) is 17.7 Å². The van der Waals surface area contributed by atoms with E-state index >= 15 is 0 Å². The zero-order chi connectivity index (χ0) is 16.7. The maximum absolute atomic E-state index is 13.5. The number of benzene rings is 1. The number of carboxylic acids is 1. The summed E-state index contributed by atoms with van der Waals surface area (Å²) in [6.45, 7) is 1.78. The van der Waals surface area contributed by atoms with Gasteiger partial charge in [0, 0.05) is 10.0 Å². The van der Waals surface area contributed by atoms with Crippen LogP contribution in [-0.2, 0) is 17.9 Å². The molecule has 2 heterocycles. The topological polar surface area (TPSA) is 88.3 Å². The van der Waals surface area contributed by atoms with Crippen LogP contribution in [0.25, 0.3) is 0 Å². The number of hydrogen-bond donors (Lipinski definition) is 1. The van der Waals surface area contributed by atoms with E-state index in [1.165, 1.54) is 17.0 Å². The molecule has 120 valence electrons. The first kappa shape index (κ1) is 15.6. The summed E-state index contributed by atoms with van der Waals surface area (Å²) in [7, 11) is 0. The Hall–Kier alpha value is -2.29. The molecule has 1 N–H and O–H groups in total. The third kappa shape index (κ3) is 2.83. The second kappa shape index (κ2) is 5.73. The average molecular weight is 383 g/mol. The predicted octanol–water partition coefficient (Wildman–Crippen LogP) is 1.60. The van der Waals surface area contributed by atoms with Crippen LogP contribution in [0, 0.1) is 12.7 Å². The number of carboxylic acid groups (broad SMARTS) is 1. The summed E-state index contributed by atoms with van der Waals surface area (Å²) < 4.78 is 15.6. The van der Waals surface area contributed by atoms with Crippen LogP contribution in [0.1, 0.15) is 22.0 Å². The summed E-state index contributed by atoms with van der Waals surface area (Å²) in [4.78, 5) is 25.4. The molecule has 0 bridgehead atoms. The number of aromatic nitrogens is 3. The maximum Gasteiger partial charge on any atom is 0.328 e. The third-order valence-corrected chi connectivity index (χ3v) is 4.17. The molecule has 1 aliphatic rings. The molecule has 0 saturated heterocycles. The molecular weight excluding hydrogens is 371 g/mol. The normalized spacial score (nSPS) is 17.0. The van der Waals surface area contributed by atoms with Gasteiger partial charge in [0.15, 0.2) is 5.82 Å². The van der Waals surface area contributed by atoms with Crippen molar-refractivity contribution in [2.45, 2.75) is 26.1 Å². The highest BCUT2D eigenvalue weighted by molar-refractivity contribution is 9.10. The average Bonchev–Trinajstić information content (AvgIpc) is 2.85. The van der Waals surface area contributed by atoms with Gasteiger partial charge in [-0.3, -0.25) is 4.79 Å². The lowest BCUT2D eigenvalue weighted by Crippen LogP contribution is -2.50. The zero-order valence-electron chi connectivity index (χ0n) is 12.0. The third-order valence-electron chi connectivity index (χ3n) is 3.71. The number of hydrogen-bond acceptors (Lipinski definition) is 4. The van der Waals surface area contributed by atoms with Crippen molar-refractivity contribution in [1.82, 2.24) is 19.7 Å². The summed E-state index contributed by atoms with van der Waals surface area (Å²) in [6.07, 6.45) is 0. The van der Waals surface area contributed by atoms with Crippen LogP contribution in [0.15, 0.2) is 22.7 Å². The highest BCUT2D eigenvalue weighted by Crippen LogP contribution is 2.22. The lowest BCUT2D eigenvalue weighted by Gasteiger charge is -2.33. The number of aliphatic carboxylic acids is 1. The fourth-order valence-electron chi connectivity index (χ4n) is 2.58. The SMILES string of the molecule is Cc1nnc2n1CC(C(=O)O)N(C(=O)c1cc(F)cc(Br)c1)C2. The number of carbonyl (C=O) groups excluding carboxylic acids is 1. The van der Waals surface area contributed by atoms with Crippen molar-refractivity contribution >= 4 is 27.8 Å². The largest absolute Gasteiger partial charge is 0.480 e. The minimum atomic E-state index is -1.13. The van der Waals surface area contributed by atoms with Crippen molar-refractivity contribution in [3.05, 3.63) is 45.7 Å². The molecule has 0 saturated carbocycles. The smallest absolute Gasteiger partial charge is 0.328 e. The number of nitrogens with zero attached hydrogens (tertiary/aromatic N) is 4. The van der Waals surface area contributed by atoms with Gasteiger partial charge in [0.25, 0.3) is 5.91 Å². The number of halogens is 2. The van der Waals surface area contributed by atoms with Gasteiger partial charge in [-0.1, -0.05) is 15.9 Å². The molecule has 7 nitrogen and oxygen atoms in total. The van der Waals surface area contributed by atoms with Gasteiger partial charge in [0.05, 0.1) is 13.1 Å². The van der Waals surface area contributed by atoms with Crippen LogP contribution < -0.4 is 0 Å². The van der Waals surface area contributed by atoms with Crippen LogP contribution >= 0.6 is 15.9 Å². The van der Waals surface area contributed by atoms with Crippen LogP contribution in [0.5, 0.6) is 0 Å². The fraction of sp³-hybridized carbons (Fsp3) is 0.286. The Morgan fingerprint density at radius 3 is 2.74 bits per heavy atom. The van der Waals surface area contributed by atoms with Gasteiger partial charge in [0.2, 0.25) is 0 Å². The van der Waals surface area contributed by atoms with E-state index in [1.54, 1.807) is 11.5 Å². The molecule has 0 spiro atoms. The molecule has 23 heavy (non-hydrogen) atoms. The summed E-state index contributed by atoms with van der Waals surface area (Å²) in [5, 5.41) is 17.3. The molecule has 1 aliphatic heterocycles. The molecule has 1 atom stereocenters. The molecule has 1 amide bonds. The van der Waals surface area contributed by atoms with Crippen LogP contribution in [0.2, 0.25) is 0 Å². The second-order valence-electron chi connectivity index (χ2n) is 5.22. The molecule has 0 radical (unpaired) electrons. The van der Waals surface area contributed by atoms with Gasteiger partial charge in [-0.05, 0) is 25.1 Å². The highest BCUT2D eigenvalue weighted by atomic mass is 79.9. The Morgan fingerprint density at radius 2 is 2.09 bits per heavy atom. The molecule has 1 aromatic heterocycles. The van der Waals surface area contributed by atoms with E-state index in [-0.39, 0.29) is 18.7 Å². The monoisotopic (exact) mass is 382 g/mol. The Balaban J connectivity index is 1.99. The number of amides is 1. The Bertz CT molecular complexity index is 787. The number of fused-ring (bicyclic) bond motifs is 1. The van der Waals surface area contributed by atoms with Crippen molar-refractivity contribution in [3.63, 3.8) is 0 Å². The molecule has 1 aromatic carbocycles. The van der Waals surface area contributed by atoms with E-state index in [1.807, 2.05) is 0 Å². The van der Waals surface area contributed by atoms with Crippen LogP contribution in [0.4, 0.5) is 4.39 Å². The van der Waals surface area contributed by atoms with Crippen molar-refractivity contribution in [3.8, 4) is 0 Å². The van der Waals surface area contributed by atoms with Crippen molar-refractivity contribution in [2.24, 2.45) is 0 Å². The van der Waals surface area contributed by atoms with Crippen molar-refractivity contribution in [1.29, 1.82) is 0 Å². The number of aryl methyl sites for hydroxylation is 1. The molecule has 1 unspecified atom stereocenters. The van der Waals surface area contributed by atoms with Crippen LogP contribution in [0.3, 0.4) is 0 Å². The quantitative estimate of drug-likeness (QED) is 0.851. The van der Waals surface area contributed by atoms with E-state index in [2.05, 4.69) is 26.1 Å². The summed E-state index contributed by atoms with van der Waals surface area (Å²) in [6, 6.07) is 2.69. The summed E-state index contributed by atoms with van der Waals surface area (Å²) in [5.41, 5.74) is 0.0767. The Morgan fingerprint density at radius 1 is 1.35 bits per heavy atom. The zero-order valence-corrected chi connectivity index (χ0v) is 13.6. The molecule has 9 heteroatoms. The van der Waals surface area contributed by atoms with Gasteiger partial charge in [-0.25, -0.2) is 9.18 Å². The number of carbonyl (C=O) groups is 2. The first-order valence-electron chi connectivity index (χ1n) is 6.75. The first-order valence-corrected chi connectivity index (χ1v) is 7.54. The van der Waals surface area contributed by atoms with Gasteiger partial charge >= 0.3 is 5.97 Å². The highest BCUT2D eigenvalue weighted by Gasteiger charge is 2.36. The van der Waals surface area contributed by atoms with E-state index in [0.29, 0.717) is 16.1 Å². The van der Waals surface area contributed by atoms with Gasteiger partial charge in [-0.2, -0.15) is 0 Å². The van der Waals surface area contributed by atoms with Gasteiger partial charge < -0.3 is 14.6 Å². The standard InChI is InChI=1S/C14H12BrFN4O3/c1-7-17-18-12-6-20(11(14(22)23)5-19(7)12)13(21)8-2-9(15)4-10(16)3-8/h2-4,11H,5-6H2,1H3,(H,22,23). The summed E-state index contributed by atoms with van der Waals surface area (Å²) in [5.74, 6) is -1.18. The minimum Gasteiger partial charge on any atom is -0.480 e. The molecule has 3 rings (SSSR count). The van der Waals surface area contributed by atoms with E-state index in [4.69, 9.17) is 0 Å². The predicted molar refractivity (Wildman–Crippen MR) is 80.2 cm³/mol. The lowest BCUT2D eigenvalue weighted by molar-refractivity contribution is -0.143. The number of rotatable bonds is 2. The first-order chi connectivity index (χ1) is 10.9. The van der Waals surface area contributed by atoms with E-state index < -0.39 is 23.7 Å². The maximum atomic E-state index is 13.5. The molecular formula is C14H12BrFN4O3. The molecule has 0 aliphatic carbocycles. The van der Waals surface area contributed by atoms with Crippen LogP contribution in [-0.4, -0.2) is 42.7 Å². The van der Waals surface area contributed by atoms with Crippen molar-refractivity contribution in [2.75, 3.05) is 0 Å². The fourth-order valence-corrected chi connectivity index (χ4v) is 3.05. The molecule has 0 fully saturated rings. The lowest BCUT2D eigenvalue weighted by atomic mass is 10.1. The second-order valence-corrected chi connectivity index (χ2v) is 6.13. The molecule has 2 aromatic rings. The van der Waals surface area contributed by atoms with Crippen molar-refractivity contribution < 1.29 is 19.1 Å².